The van der Waals surface area contributed by atoms with Crippen LogP contribution in [-0.4, -0.2) is 27.7 Å². The number of ether oxygens (including phenoxy) is 2. The third-order valence-corrected chi connectivity index (χ3v) is 6.74. The average Bonchev–Trinajstić information content (AvgIpc) is 3.42. The van der Waals surface area contributed by atoms with Gasteiger partial charge in [-0.15, -0.1) is 0 Å². The van der Waals surface area contributed by atoms with Crippen LogP contribution in [0.2, 0.25) is 0 Å². The first kappa shape index (κ1) is 20.9. The van der Waals surface area contributed by atoms with Crippen LogP contribution in [0.25, 0.3) is 0 Å². The standard InChI is InChI=1S/C23H30O4S/c1-22(2,3)18-9-7-8-10-20(18)28(24,25)21-12-11-16(26-14-17-15-27-17)13-19(21)23(4,5)6/h7-13,17H,14-15H2,1-6H3. The van der Waals surface area contributed by atoms with Crippen molar-refractivity contribution in [3.63, 3.8) is 0 Å². The summed E-state index contributed by atoms with van der Waals surface area (Å²) in [6.45, 7) is 13.4. The van der Waals surface area contributed by atoms with Crippen molar-refractivity contribution in [3.8, 4) is 5.75 Å². The summed E-state index contributed by atoms with van der Waals surface area (Å²) in [4.78, 5) is 0.708. The summed E-state index contributed by atoms with van der Waals surface area (Å²) in [6, 6.07) is 12.6. The minimum absolute atomic E-state index is 0.153. The number of sulfone groups is 1. The summed E-state index contributed by atoms with van der Waals surface area (Å²) in [5.41, 5.74) is 0.944. The van der Waals surface area contributed by atoms with Gasteiger partial charge >= 0.3 is 0 Å². The zero-order valence-corrected chi connectivity index (χ0v) is 18.4. The van der Waals surface area contributed by atoms with Crippen LogP contribution in [0.15, 0.2) is 52.3 Å². The fourth-order valence-corrected chi connectivity index (χ4v) is 5.27. The molecule has 3 rings (SSSR count). The van der Waals surface area contributed by atoms with E-state index in [0.29, 0.717) is 22.1 Å². The van der Waals surface area contributed by atoms with Crippen molar-refractivity contribution in [2.24, 2.45) is 0 Å². The molecule has 1 aliphatic rings. The molecule has 1 fully saturated rings. The summed E-state index contributed by atoms with van der Waals surface area (Å²) in [7, 11) is -3.68. The highest BCUT2D eigenvalue weighted by molar-refractivity contribution is 7.91. The molecule has 28 heavy (non-hydrogen) atoms. The summed E-state index contributed by atoms with van der Waals surface area (Å²) in [5, 5.41) is 0. The molecule has 2 aromatic rings. The third kappa shape index (κ3) is 4.41. The molecule has 1 atom stereocenters. The van der Waals surface area contributed by atoms with Gasteiger partial charge in [0.1, 0.15) is 18.5 Å². The first-order chi connectivity index (χ1) is 12.9. The van der Waals surface area contributed by atoms with E-state index < -0.39 is 9.84 Å². The molecule has 0 spiro atoms. The van der Waals surface area contributed by atoms with E-state index in [-0.39, 0.29) is 16.9 Å². The molecule has 0 bridgehead atoms. The number of rotatable bonds is 5. The van der Waals surface area contributed by atoms with Crippen molar-refractivity contribution in [2.45, 2.75) is 68.3 Å². The predicted octanol–water partition coefficient (Wildman–Crippen LogP) is 4.89. The Kier molecular flexibility index (Phi) is 5.36. The molecule has 1 saturated heterocycles. The second-order valence-electron chi connectivity index (χ2n) is 9.42. The lowest BCUT2D eigenvalue weighted by atomic mass is 9.87. The van der Waals surface area contributed by atoms with E-state index >= 15 is 0 Å². The monoisotopic (exact) mass is 402 g/mol. The number of benzene rings is 2. The van der Waals surface area contributed by atoms with Gasteiger partial charge in [0.25, 0.3) is 0 Å². The largest absolute Gasteiger partial charge is 0.491 e. The predicted molar refractivity (Wildman–Crippen MR) is 111 cm³/mol. The van der Waals surface area contributed by atoms with Gasteiger partial charge in [0.2, 0.25) is 9.84 Å². The highest BCUT2D eigenvalue weighted by Gasteiger charge is 2.32. The molecule has 0 radical (unpaired) electrons. The van der Waals surface area contributed by atoms with Crippen molar-refractivity contribution in [3.05, 3.63) is 53.6 Å². The lowest BCUT2D eigenvalue weighted by Crippen LogP contribution is -2.21. The normalized spacial score (nSPS) is 17.4. The van der Waals surface area contributed by atoms with Crippen molar-refractivity contribution < 1.29 is 17.9 Å². The number of epoxide rings is 1. The van der Waals surface area contributed by atoms with Gasteiger partial charge < -0.3 is 9.47 Å². The summed E-state index contributed by atoms with van der Waals surface area (Å²) in [5.74, 6) is 0.670. The van der Waals surface area contributed by atoms with Crippen molar-refractivity contribution in [1.82, 2.24) is 0 Å². The van der Waals surface area contributed by atoms with Crippen LogP contribution < -0.4 is 4.74 Å². The lowest BCUT2D eigenvalue weighted by Gasteiger charge is -2.26. The van der Waals surface area contributed by atoms with Gasteiger partial charge in [0.05, 0.1) is 16.4 Å². The minimum atomic E-state index is -3.68. The van der Waals surface area contributed by atoms with Gasteiger partial charge in [-0.25, -0.2) is 8.42 Å². The van der Waals surface area contributed by atoms with E-state index in [4.69, 9.17) is 9.47 Å². The zero-order valence-electron chi connectivity index (χ0n) is 17.6. The summed E-state index contributed by atoms with van der Waals surface area (Å²) >= 11 is 0. The van der Waals surface area contributed by atoms with E-state index in [1.54, 1.807) is 24.3 Å². The van der Waals surface area contributed by atoms with E-state index in [1.807, 2.05) is 59.7 Å². The Morgan fingerprint density at radius 2 is 1.50 bits per heavy atom. The maximum atomic E-state index is 13.7. The summed E-state index contributed by atoms with van der Waals surface area (Å²) < 4.78 is 38.4. The molecule has 0 amide bonds. The number of hydrogen-bond donors (Lipinski definition) is 0. The van der Waals surface area contributed by atoms with Gasteiger partial charge in [-0.1, -0.05) is 59.7 Å². The van der Waals surface area contributed by atoms with Gasteiger partial charge in [0.15, 0.2) is 0 Å². The molecular weight excluding hydrogens is 372 g/mol. The van der Waals surface area contributed by atoms with E-state index in [9.17, 15) is 8.42 Å². The molecule has 4 nitrogen and oxygen atoms in total. The van der Waals surface area contributed by atoms with E-state index in [1.165, 1.54) is 0 Å². The molecule has 0 aromatic heterocycles. The molecule has 0 N–H and O–H groups in total. The molecule has 5 heteroatoms. The van der Waals surface area contributed by atoms with E-state index in [2.05, 4.69) is 0 Å². The van der Waals surface area contributed by atoms with Crippen molar-refractivity contribution in [2.75, 3.05) is 13.2 Å². The van der Waals surface area contributed by atoms with Crippen LogP contribution >= 0.6 is 0 Å². The Labute approximate surface area is 168 Å². The highest BCUT2D eigenvalue weighted by Crippen LogP contribution is 2.38. The lowest BCUT2D eigenvalue weighted by molar-refractivity contribution is 0.262. The maximum Gasteiger partial charge on any atom is 0.207 e. The smallest absolute Gasteiger partial charge is 0.207 e. The molecule has 1 heterocycles. The fourth-order valence-electron chi connectivity index (χ4n) is 3.21. The Bertz CT molecular complexity index is 959. The van der Waals surface area contributed by atoms with Gasteiger partial charge in [-0.2, -0.15) is 0 Å². The molecule has 1 unspecified atom stereocenters. The van der Waals surface area contributed by atoms with Crippen LogP contribution in [0.3, 0.4) is 0 Å². The van der Waals surface area contributed by atoms with Crippen molar-refractivity contribution >= 4 is 9.84 Å². The van der Waals surface area contributed by atoms with Crippen LogP contribution in [0.5, 0.6) is 5.75 Å². The van der Waals surface area contributed by atoms with Gasteiger partial charge in [0, 0.05) is 0 Å². The topological polar surface area (TPSA) is 55.9 Å². The minimum Gasteiger partial charge on any atom is -0.491 e. The van der Waals surface area contributed by atoms with Crippen molar-refractivity contribution in [1.29, 1.82) is 0 Å². The molecule has 2 aromatic carbocycles. The highest BCUT2D eigenvalue weighted by atomic mass is 32.2. The van der Waals surface area contributed by atoms with E-state index in [0.717, 1.165) is 17.7 Å². The Morgan fingerprint density at radius 1 is 0.929 bits per heavy atom. The first-order valence-corrected chi connectivity index (χ1v) is 11.1. The average molecular weight is 403 g/mol. The SMILES string of the molecule is CC(C)(C)c1ccccc1S(=O)(=O)c1ccc(OCC2CO2)cc1C(C)(C)C. The van der Waals surface area contributed by atoms with Crippen LogP contribution in [0.1, 0.15) is 52.7 Å². The number of hydrogen-bond acceptors (Lipinski definition) is 4. The Balaban J connectivity index is 2.11. The maximum absolute atomic E-state index is 13.7. The third-order valence-electron chi connectivity index (χ3n) is 4.87. The molecule has 0 saturated carbocycles. The van der Waals surface area contributed by atoms with Crippen LogP contribution in [0, 0.1) is 0 Å². The van der Waals surface area contributed by atoms with Crippen LogP contribution in [0.4, 0.5) is 0 Å². The van der Waals surface area contributed by atoms with Gasteiger partial charge in [-0.3, -0.25) is 0 Å². The Morgan fingerprint density at radius 3 is 2.07 bits per heavy atom. The fraction of sp³-hybridized carbons (Fsp3) is 0.478. The molecule has 1 aliphatic heterocycles. The Hall–Kier alpha value is -1.85. The quantitative estimate of drug-likeness (QED) is 0.668. The van der Waals surface area contributed by atoms with Gasteiger partial charge in [-0.05, 0) is 46.2 Å². The van der Waals surface area contributed by atoms with Crippen LogP contribution in [-0.2, 0) is 25.4 Å². The first-order valence-electron chi connectivity index (χ1n) is 9.64. The zero-order chi connectivity index (χ0) is 20.7. The summed E-state index contributed by atoms with van der Waals surface area (Å²) in [6.07, 6.45) is 0.153. The molecular formula is C23H30O4S. The molecule has 0 aliphatic carbocycles. The second-order valence-corrected chi connectivity index (χ2v) is 11.3. The second kappa shape index (κ2) is 7.20. The molecule has 152 valence electrons.